The van der Waals surface area contributed by atoms with Crippen LogP contribution in [0.1, 0.15) is 53.9 Å². The van der Waals surface area contributed by atoms with Gasteiger partial charge in [-0.15, -0.1) is 0 Å². The molecule has 2 nitrogen and oxygen atoms in total. The van der Waals surface area contributed by atoms with Crippen molar-refractivity contribution >= 4 is 23.9 Å². The third kappa shape index (κ3) is 7.16. The highest BCUT2D eigenvalue weighted by atomic mass is 28.4. The molecular formula is C32H44O2Si. The van der Waals surface area contributed by atoms with Crippen LogP contribution in [0.4, 0.5) is 0 Å². The van der Waals surface area contributed by atoms with E-state index in [9.17, 15) is 0 Å². The summed E-state index contributed by atoms with van der Waals surface area (Å²) in [4.78, 5) is 0. The Morgan fingerprint density at radius 2 is 1.03 bits per heavy atom. The van der Waals surface area contributed by atoms with Gasteiger partial charge in [-0.2, -0.15) is 0 Å². The third-order valence-corrected chi connectivity index (χ3v) is 10.6. The molecule has 188 valence electrons. The molecule has 3 rings (SSSR count). The van der Waals surface area contributed by atoms with Crippen LogP contribution in [0, 0.1) is 17.3 Å². The van der Waals surface area contributed by atoms with E-state index in [2.05, 4.69) is 126 Å². The van der Waals surface area contributed by atoms with Gasteiger partial charge in [-0.05, 0) is 46.7 Å². The highest BCUT2D eigenvalue weighted by molar-refractivity contribution is 7.07. The zero-order valence-electron chi connectivity index (χ0n) is 22.4. The molecule has 0 N–H and O–H groups in total. The van der Waals surface area contributed by atoms with Crippen LogP contribution in [0.3, 0.4) is 0 Å². The molecule has 0 saturated carbocycles. The van der Waals surface area contributed by atoms with Crippen LogP contribution in [0.15, 0.2) is 91.0 Å². The Kier molecular flexibility index (Phi) is 10.3. The summed E-state index contributed by atoms with van der Waals surface area (Å²) in [6, 6.07) is 32.7. The molecule has 0 aliphatic heterocycles. The Labute approximate surface area is 214 Å². The van der Waals surface area contributed by atoms with Crippen molar-refractivity contribution in [3.05, 3.63) is 91.0 Å². The van der Waals surface area contributed by atoms with Crippen molar-refractivity contribution in [2.75, 3.05) is 19.8 Å². The average molecular weight is 489 g/mol. The van der Waals surface area contributed by atoms with Gasteiger partial charge in [-0.25, -0.2) is 0 Å². The summed E-state index contributed by atoms with van der Waals surface area (Å²) in [5.74, 6) is 1.15. The van der Waals surface area contributed by atoms with Crippen LogP contribution < -0.4 is 15.6 Å². The monoisotopic (exact) mass is 488 g/mol. The van der Waals surface area contributed by atoms with Crippen molar-refractivity contribution in [3.8, 4) is 0 Å². The van der Waals surface area contributed by atoms with Gasteiger partial charge >= 0.3 is 0 Å². The van der Waals surface area contributed by atoms with E-state index >= 15 is 0 Å². The molecule has 3 aromatic rings. The second-order valence-corrected chi connectivity index (χ2v) is 14.2. The summed E-state index contributed by atoms with van der Waals surface area (Å²) in [5, 5.41) is 3.86. The molecule has 0 spiro atoms. The summed E-state index contributed by atoms with van der Waals surface area (Å²) in [5.41, 5.74) is -0.0197. The van der Waals surface area contributed by atoms with Crippen molar-refractivity contribution in [2.24, 2.45) is 17.3 Å². The van der Waals surface area contributed by atoms with Gasteiger partial charge in [0.2, 0.25) is 0 Å². The number of benzene rings is 3. The molecule has 0 fully saturated rings. The lowest BCUT2D eigenvalue weighted by Gasteiger charge is -2.41. The highest BCUT2D eigenvalue weighted by Gasteiger charge is 2.44. The van der Waals surface area contributed by atoms with E-state index < -0.39 is 8.32 Å². The first kappa shape index (κ1) is 27.4. The van der Waals surface area contributed by atoms with E-state index in [0.29, 0.717) is 18.4 Å². The topological polar surface area (TPSA) is 18.5 Å². The van der Waals surface area contributed by atoms with E-state index in [0.717, 1.165) is 32.5 Å². The standard InChI is InChI=1S/C32H44O2Si/c1-6-22-33-25-32(23-27(2)3,24-28(4)5)26-34-35(29-16-10-7-11-17-29,30-18-12-8-13-19-30)31-20-14-9-15-21-31/h7-21,27-28H,6,22-26H2,1-5H3. The largest absolute Gasteiger partial charge is 0.404 e. The van der Waals surface area contributed by atoms with Gasteiger partial charge in [0.1, 0.15) is 0 Å². The van der Waals surface area contributed by atoms with Gasteiger partial charge < -0.3 is 9.16 Å². The Hall–Kier alpha value is -2.20. The molecule has 3 heteroatoms. The third-order valence-electron chi connectivity index (χ3n) is 6.58. The molecule has 3 aromatic carbocycles. The van der Waals surface area contributed by atoms with Crippen LogP contribution in [0.2, 0.25) is 0 Å². The molecule has 0 saturated heterocycles. The Bertz CT molecular complexity index is 864. The zero-order valence-corrected chi connectivity index (χ0v) is 23.4. The van der Waals surface area contributed by atoms with Gasteiger partial charge in [0, 0.05) is 18.6 Å². The van der Waals surface area contributed by atoms with Gasteiger partial charge in [0.25, 0.3) is 8.32 Å². The van der Waals surface area contributed by atoms with Gasteiger partial charge in [-0.1, -0.05) is 126 Å². The first-order valence-electron chi connectivity index (χ1n) is 13.3. The van der Waals surface area contributed by atoms with Crippen LogP contribution in [0.5, 0.6) is 0 Å². The molecular weight excluding hydrogens is 444 g/mol. The lowest BCUT2D eigenvalue weighted by Crippen LogP contribution is -2.70. The average Bonchev–Trinajstić information content (AvgIpc) is 2.86. The van der Waals surface area contributed by atoms with Crippen molar-refractivity contribution in [2.45, 2.75) is 53.9 Å². The lowest BCUT2D eigenvalue weighted by molar-refractivity contribution is -0.0127. The number of ether oxygens (including phenoxy) is 1. The number of rotatable bonds is 14. The van der Waals surface area contributed by atoms with Gasteiger partial charge in [0.05, 0.1) is 6.61 Å². The smallest absolute Gasteiger partial charge is 0.288 e. The Morgan fingerprint density at radius 1 is 0.629 bits per heavy atom. The van der Waals surface area contributed by atoms with Crippen molar-refractivity contribution < 1.29 is 9.16 Å². The van der Waals surface area contributed by atoms with E-state index in [1.54, 1.807) is 0 Å². The summed E-state index contributed by atoms with van der Waals surface area (Å²) in [7, 11) is -2.74. The predicted octanol–water partition coefficient (Wildman–Crippen LogP) is 6.18. The number of hydrogen-bond donors (Lipinski definition) is 0. The fraction of sp³-hybridized carbons (Fsp3) is 0.438. The zero-order chi connectivity index (χ0) is 25.2. The van der Waals surface area contributed by atoms with Gasteiger partial charge in [-0.3, -0.25) is 0 Å². The maximum atomic E-state index is 7.44. The SMILES string of the molecule is CCCOCC(CO[Si](c1ccccc1)(c1ccccc1)c1ccccc1)(CC(C)C)CC(C)C. The first-order chi connectivity index (χ1) is 16.9. The lowest BCUT2D eigenvalue weighted by atomic mass is 9.75. The highest BCUT2D eigenvalue weighted by Crippen LogP contribution is 2.35. The van der Waals surface area contributed by atoms with E-state index in [1.807, 2.05) is 0 Å². The fourth-order valence-electron chi connectivity index (χ4n) is 5.56. The molecule has 0 aliphatic rings. The van der Waals surface area contributed by atoms with Crippen molar-refractivity contribution in [1.82, 2.24) is 0 Å². The Morgan fingerprint density at radius 3 is 1.37 bits per heavy atom. The summed E-state index contributed by atoms with van der Waals surface area (Å²) < 4.78 is 13.7. The normalized spacial score (nSPS) is 12.4. The first-order valence-corrected chi connectivity index (χ1v) is 15.2. The quantitative estimate of drug-likeness (QED) is 0.153. The Balaban J connectivity index is 2.14. The summed E-state index contributed by atoms with van der Waals surface area (Å²) in [6.07, 6.45) is 3.23. The minimum absolute atomic E-state index is 0.0197. The van der Waals surface area contributed by atoms with E-state index in [-0.39, 0.29) is 5.41 Å². The fourth-order valence-corrected chi connectivity index (χ4v) is 9.56. The summed E-state index contributed by atoms with van der Waals surface area (Å²) >= 11 is 0. The molecule has 0 aromatic heterocycles. The van der Waals surface area contributed by atoms with E-state index in [1.165, 1.54) is 15.6 Å². The predicted molar refractivity (Wildman–Crippen MR) is 152 cm³/mol. The molecule has 0 bridgehead atoms. The minimum atomic E-state index is -2.74. The van der Waals surface area contributed by atoms with Gasteiger partial charge in [0.15, 0.2) is 0 Å². The maximum Gasteiger partial charge on any atom is 0.288 e. The second-order valence-electron chi connectivity index (χ2n) is 10.8. The van der Waals surface area contributed by atoms with Crippen LogP contribution in [-0.4, -0.2) is 28.1 Å². The molecule has 0 aliphatic carbocycles. The van der Waals surface area contributed by atoms with Crippen LogP contribution >= 0.6 is 0 Å². The second kappa shape index (κ2) is 13.2. The molecule has 0 heterocycles. The maximum absolute atomic E-state index is 7.44. The number of hydrogen-bond acceptors (Lipinski definition) is 2. The summed E-state index contributed by atoms with van der Waals surface area (Å²) in [6.45, 7) is 13.7. The molecule has 35 heavy (non-hydrogen) atoms. The molecule has 0 unspecified atom stereocenters. The minimum Gasteiger partial charge on any atom is -0.404 e. The van der Waals surface area contributed by atoms with Crippen molar-refractivity contribution in [1.29, 1.82) is 0 Å². The molecule has 0 amide bonds. The molecule has 0 atom stereocenters. The van der Waals surface area contributed by atoms with E-state index in [4.69, 9.17) is 9.16 Å². The van der Waals surface area contributed by atoms with Crippen LogP contribution in [-0.2, 0) is 9.16 Å². The van der Waals surface area contributed by atoms with Crippen LogP contribution in [0.25, 0.3) is 0 Å². The molecule has 0 radical (unpaired) electrons. The van der Waals surface area contributed by atoms with Crippen molar-refractivity contribution in [3.63, 3.8) is 0 Å².